The van der Waals surface area contributed by atoms with Gasteiger partial charge in [-0.25, -0.2) is 0 Å². The van der Waals surface area contributed by atoms with Gasteiger partial charge in [0, 0.05) is 19.6 Å². The molecule has 0 amide bonds. The number of hydrogen-bond donors (Lipinski definition) is 1. The van der Waals surface area contributed by atoms with Crippen LogP contribution in [0.3, 0.4) is 0 Å². The minimum absolute atomic E-state index is 0.365. The maximum atomic E-state index is 10.1. The van der Waals surface area contributed by atoms with Crippen molar-refractivity contribution in [3.05, 3.63) is 52.1 Å². The highest BCUT2D eigenvalue weighted by molar-refractivity contribution is 5.76. The molecule has 0 unspecified atom stereocenters. The molecular formula is C23H35N3O. The summed E-state index contributed by atoms with van der Waals surface area (Å²) < 4.78 is 0. The maximum Gasteiger partial charge on any atom is 0.118 e. The molecule has 0 atom stereocenters. The van der Waals surface area contributed by atoms with Gasteiger partial charge in [-0.05, 0) is 101 Å². The molecule has 0 aromatic heterocycles. The van der Waals surface area contributed by atoms with Crippen molar-refractivity contribution in [3.8, 4) is 16.9 Å². The highest BCUT2D eigenvalue weighted by Gasteiger charge is 2.18. The van der Waals surface area contributed by atoms with Crippen molar-refractivity contribution in [1.29, 1.82) is 0 Å². The molecule has 27 heavy (non-hydrogen) atoms. The molecule has 0 radical (unpaired) electrons. The standard InChI is InChI=1S/C23H35N3O/c1-16-17(2)22(27)10-9-21(16)23-19(14-25(5)6)11-18(13-24(3)4)12-20(23)15-26(7)8/h9-12,27H,13-15H2,1-8H3. The first-order valence-electron chi connectivity index (χ1n) is 9.48. The Morgan fingerprint density at radius 3 is 1.63 bits per heavy atom. The van der Waals surface area contributed by atoms with Crippen LogP contribution in [0.25, 0.3) is 11.1 Å². The van der Waals surface area contributed by atoms with Crippen LogP contribution in [0.2, 0.25) is 0 Å². The van der Waals surface area contributed by atoms with Crippen LogP contribution in [0.4, 0.5) is 0 Å². The van der Waals surface area contributed by atoms with E-state index in [-0.39, 0.29) is 0 Å². The average Bonchev–Trinajstić information content (AvgIpc) is 2.52. The molecule has 0 fully saturated rings. The van der Waals surface area contributed by atoms with Crippen molar-refractivity contribution in [2.24, 2.45) is 0 Å². The summed E-state index contributed by atoms with van der Waals surface area (Å²) in [6.45, 7) is 6.80. The molecular weight excluding hydrogens is 334 g/mol. The molecule has 4 nitrogen and oxygen atoms in total. The Morgan fingerprint density at radius 1 is 0.704 bits per heavy atom. The van der Waals surface area contributed by atoms with E-state index in [1.54, 1.807) is 0 Å². The van der Waals surface area contributed by atoms with Gasteiger partial charge in [-0.2, -0.15) is 0 Å². The number of phenolic OH excluding ortho intramolecular Hbond substituents is 1. The SMILES string of the molecule is Cc1c(O)ccc(-c2c(CN(C)C)cc(CN(C)C)cc2CN(C)C)c1C. The Balaban J connectivity index is 2.76. The zero-order chi connectivity index (χ0) is 20.3. The number of rotatable bonds is 7. The summed E-state index contributed by atoms with van der Waals surface area (Å²) in [7, 11) is 12.7. The number of hydrogen-bond acceptors (Lipinski definition) is 4. The van der Waals surface area contributed by atoms with E-state index in [2.05, 4.69) is 82.1 Å². The third kappa shape index (κ3) is 5.32. The van der Waals surface area contributed by atoms with Crippen LogP contribution >= 0.6 is 0 Å². The van der Waals surface area contributed by atoms with Crippen molar-refractivity contribution in [2.75, 3.05) is 42.3 Å². The fourth-order valence-corrected chi connectivity index (χ4v) is 3.65. The number of nitrogens with zero attached hydrogens (tertiary/aromatic N) is 3. The van der Waals surface area contributed by atoms with Crippen LogP contribution in [0.5, 0.6) is 5.75 Å². The maximum absolute atomic E-state index is 10.1. The Bertz CT molecular complexity index is 763. The first kappa shape index (κ1) is 21.4. The topological polar surface area (TPSA) is 30.0 Å². The summed E-state index contributed by atoms with van der Waals surface area (Å²) in [5.41, 5.74) is 8.64. The molecule has 0 spiro atoms. The van der Waals surface area contributed by atoms with E-state index in [1.807, 2.05) is 13.0 Å². The van der Waals surface area contributed by atoms with Gasteiger partial charge in [-0.1, -0.05) is 18.2 Å². The van der Waals surface area contributed by atoms with Gasteiger partial charge in [-0.3, -0.25) is 0 Å². The van der Waals surface area contributed by atoms with Crippen molar-refractivity contribution >= 4 is 0 Å². The fraction of sp³-hybridized carbons (Fsp3) is 0.478. The third-order valence-corrected chi connectivity index (χ3v) is 4.86. The summed E-state index contributed by atoms with van der Waals surface area (Å²) in [5, 5.41) is 10.1. The molecule has 0 heterocycles. The van der Waals surface area contributed by atoms with Crippen LogP contribution < -0.4 is 0 Å². The van der Waals surface area contributed by atoms with Crippen LogP contribution in [0, 0.1) is 13.8 Å². The molecule has 2 aromatic carbocycles. The van der Waals surface area contributed by atoms with Crippen molar-refractivity contribution < 1.29 is 5.11 Å². The number of benzene rings is 2. The monoisotopic (exact) mass is 369 g/mol. The van der Waals surface area contributed by atoms with E-state index in [1.165, 1.54) is 27.8 Å². The zero-order valence-corrected chi connectivity index (χ0v) is 18.2. The molecule has 0 saturated carbocycles. The third-order valence-electron chi connectivity index (χ3n) is 4.86. The largest absolute Gasteiger partial charge is 0.508 e. The lowest BCUT2D eigenvalue weighted by molar-refractivity contribution is 0.389. The molecule has 0 saturated heterocycles. The second kappa shape index (κ2) is 8.87. The Morgan fingerprint density at radius 2 is 1.19 bits per heavy atom. The fourth-order valence-electron chi connectivity index (χ4n) is 3.65. The molecule has 0 aliphatic carbocycles. The first-order chi connectivity index (χ1) is 12.6. The van der Waals surface area contributed by atoms with Gasteiger partial charge in [0.2, 0.25) is 0 Å². The van der Waals surface area contributed by atoms with Crippen LogP contribution in [0.15, 0.2) is 24.3 Å². The van der Waals surface area contributed by atoms with Crippen molar-refractivity contribution in [3.63, 3.8) is 0 Å². The molecule has 0 aliphatic rings. The molecule has 1 N–H and O–H groups in total. The van der Waals surface area contributed by atoms with E-state index < -0.39 is 0 Å². The molecule has 4 heteroatoms. The molecule has 2 aromatic rings. The predicted octanol–water partition coefficient (Wildman–Crippen LogP) is 3.86. The van der Waals surface area contributed by atoms with Gasteiger partial charge >= 0.3 is 0 Å². The predicted molar refractivity (Wildman–Crippen MR) is 115 cm³/mol. The summed E-state index contributed by atoms with van der Waals surface area (Å²) in [6.07, 6.45) is 0. The van der Waals surface area contributed by atoms with E-state index >= 15 is 0 Å². The Kier molecular flexibility index (Phi) is 7.04. The summed E-state index contributed by atoms with van der Waals surface area (Å²) in [6, 6.07) is 8.58. The highest BCUT2D eigenvalue weighted by Crippen LogP contribution is 2.36. The van der Waals surface area contributed by atoms with E-state index in [4.69, 9.17) is 0 Å². The van der Waals surface area contributed by atoms with Gasteiger partial charge in [-0.15, -0.1) is 0 Å². The van der Waals surface area contributed by atoms with Crippen molar-refractivity contribution in [1.82, 2.24) is 14.7 Å². The summed E-state index contributed by atoms with van der Waals surface area (Å²) in [5.74, 6) is 0.365. The lowest BCUT2D eigenvalue weighted by atomic mass is 9.87. The van der Waals surface area contributed by atoms with Crippen LogP contribution in [-0.4, -0.2) is 62.1 Å². The minimum Gasteiger partial charge on any atom is -0.508 e. The van der Waals surface area contributed by atoms with E-state index in [0.29, 0.717) is 5.75 Å². The minimum atomic E-state index is 0.365. The van der Waals surface area contributed by atoms with E-state index in [9.17, 15) is 5.11 Å². The quantitative estimate of drug-likeness (QED) is 0.803. The van der Waals surface area contributed by atoms with E-state index in [0.717, 1.165) is 30.8 Å². The average molecular weight is 370 g/mol. The Labute approximate surface area is 165 Å². The number of phenols is 1. The summed E-state index contributed by atoms with van der Waals surface area (Å²) in [4.78, 5) is 6.66. The van der Waals surface area contributed by atoms with Gasteiger partial charge in [0.15, 0.2) is 0 Å². The Hall–Kier alpha value is -1.88. The van der Waals surface area contributed by atoms with Crippen LogP contribution in [-0.2, 0) is 19.6 Å². The molecule has 0 bridgehead atoms. The lowest BCUT2D eigenvalue weighted by Crippen LogP contribution is -2.18. The first-order valence-corrected chi connectivity index (χ1v) is 9.48. The lowest BCUT2D eigenvalue weighted by Gasteiger charge is -2.24. The zero-order valence-electron chi connectivity index (χ0n) is 18.2. The van der Waals surface area contributed by atoms with Gasteiger partial charge in [0.1, 0.15) is 5.75 Å². The van der Waals surface area contributed by atoms with Gasteiger partial charge < -0.3 is 19.8 Å². The summed E-state index contributed by atoms with van der Waals surface area (Å²) >= 11 is 0. The van der Waals surface area contributed by atoms with Crippen molar-refractivity contribution in [2.45, 2.75) is 33.5 Å². The smallest absolute Gasteiger partial charge is 0.118 e. The normalized spacial score (nSPS) is 11.8. The van der Waals surface area contributed by atoms with Gasteiger partial charge in [0.05, 0.1) is 0 Å². The second-order valence-electron chi connectivity index (χ2n) is 8.38. The molecule has 0 aliphatic heterocycles. The van der Waals surface area contributed by atoms with Gasteiger partial charge in [0.25, 0.3) is 0 Å². The highest BCUT2D eigenvalue weighted by atomic mass is 16.3. The second-order valence-corrected chi connectivity index (χ2v) is 8.38. The number of aromatic hydroxyl groups is 1. The van der Waals surface area contributed by atoms with Crippen LogP contribution in [0.1, 0.15) is 27.8 Å². The molecule has 2 rings (SSSR count). The molecule has 148 valence electrons.